The highest BCUT2D eigenvalue weighted by Gasteiger charge is 2.10. The molecule has 1 amide bonds. The summed E-state index contributed by atoms with van der Waals surface area (Å²) in [5.41, 5.74) is 2.06. The van der Waals surface area contributed by atoms with Gasteiger partial charge in [-0.3, -0.25) is 9.89 Å². The topological polar surface area (TPSA) is 67.0 Å². The normalized spacial score (nSPS) is 11.9. The summed E-state index contributed by atoms with van der Waals surface area (Å²) in [7, 11) is 1.64. The zero-order valence-corrected chi connectivity index (χ0v) is 11.7. The van der Waals surface area contributed by atoms with Crippen LogP contribution in [0.1, 0.15) is 30.5 Å². The lowest BCUT2D eigenvalue weighted by atomic mass is 10.1. The van der Waals surface area contributed by atoms with Gasteiger partial charge in [0.25, 0.3) is 0 Å². The summed E-state index contributed by atoms with van der Waals surface area (Å²) < 4.78 is 5.16. The van der Waals surface area contributed by atoms with Crippen molar-refractivity contribution in [3.05, 3.63) is 47.8 Å². The Morgan fingerprint density at radius 1 is 1.50 bits per heavy atom. The zero-order chi connectivity index (χ0) is 14.4. The van der Waals surface area contributed by atoms with Crippen molar-refractivity contribution in [1.29, 1.82) is 0 Å². The zero-order valence-electron chi connectivity index (χ0n) is 11.7. The summed E-state index contributed by atoms with van der Waals surface area (Å²) in [6.45, 7) is 1.94. The molecule has 0 spiro atoms. The quantitative estimate of drug-likeness (QED) is 0.848. The van der Waals surface area contributed by atoms with E-state index in [0.29, 0.717) is 12.8 Å². The van der Waals surface area contributed by atoms with Crippen molar-refractivity contribution in [3.8, 4) is 5.75 Å². The van der Waals surface area contributed by atoms with Crippen LogP contribution in [0, 0.1) is 0 Å². The number of amides is 1. The van der Waals surface area contributed by atoms with Gasteiger partial charge in [0.15, 0.2) is 0 Å². The van der Waals surface area contributed by atoms with E-state index in [-0.39, 0.29) is 11.9 Å². The number of carbonyl (C=O) groups excluding carboxylic acids is 1. The fraction of sp³-hybridized carbons (Fsp3) is 0.333. The van der Waals surface area contributed by atoms with Gasteiger partial charge in [0.05, 0.1) is 19.3 Å². The average molecular weight is 273 g/mol. The molecular formula is C15H19N3O2. The molecule has 1 heterocycles. The third-order valence-electron chi connectivity index (χ3n) is 3.17. The standard InChI is InChI=1S/C15H19N3O2/c1-11(13-9-16-17-10-13)18-15(19)7-6-12-4-3-5-14(8-12)20-2/h3-5,8-11H,6-7H2,1-2H3,(H,16,17)(H,18,19). The molecule has 0 saturated carbocycles. The highest BCUT2D eigenvalue weighted by atomic mass is 16.5. The van der Waals surface area contributed by atoms with E-state index in [1.165, 1.54) is 0 Å². The predicted molar refractivity (Wildman–Crippen MR) is 76.5 cm³/mol. The summed E-state index contributed by atoms with van der Waals surface area (Å²) in [6.07, 6.45) is 4.65. The van der Waals surface area contributed by atoms with Crippen LogP contribution in [0.25, 0.3) is 0 Å². The third-order valence-corrected chi connectivity index (χ3v) is 3.17. The van der Waals surface area contributed by atoms with Gasteiger partial charge in [0, 0.05) is 18.2 Å². The molecule has 2 rings (SSSR count). The Kier molecular flexibility index (Phi) is 4.76. The molecule has 1 unspecified atom stereocenters. The molecule has 1 aromatic heterocycles. The number of benzene rings is 1. The first-order valence-corrected chi connectivity index (χ1v) is 6.60. The van der Waals surface area contributed by atoms with Gasteiger partial charge in [-0.05, 0) is 31.0 Å². The minimum absolute atomic E-state index is 0.0292. The monoisotopic (exact) mass is 273 g/mol. The highest BCUT2D eigenvalue weighted by molar-refractivity contribution is 5.76. The minimum atomic E-state index is -0.0356. The van der Waals surface area contributed by atoms with Crippen LogP contribution in [-0.4, -0.2) is 23.2 Å². The van der Waals surface area contributed by atoms with Crippen molar-refractivity contribution in [2.45, 2.75) is 25.8 Å². The maximum Gasteiger partial charge on any atom is 0.220 e. The maximum absolute atomic E-state index is 11.9. The van der Waals surface area contributed by atoms with Crippen LogP contribution in [0.15, 0.2) is 36.7 Å². The van der Waals surface area contributed by atoms with E-state index in [1.807, 2.05) is 31.2 Å². The van der Waals surface area contributed by atoms with Gasteiger partial charge in [0.2, 0.25) is 5.91 Å². The number of ether oxygens (including phenoxy) is 1. The van der Waals surface area contributed by atoms with E-state index >= 15 is 0 Å². The predicted octanol–water partition coefficient (Wildman–Crippen LogP) is 2.23. The van der Waals surface area contributed by atoms with Crippen molar-refractivity contribution >= 4 is 5.91 Å². The second-order valence-electron chi connectivity index (χ2n) is 4.67. The lowest BCUT2D eigenvalue weighted by Gasteiger charge is -2.12. The van der Waals surface area contributed by atoms with Crippen molar-refractivity contribution < 1.29 is 9.53 Å². The first kappa shape index (κ1) is 14.1. The van der Waals surface area contributed by atoms with E-state index in [9.17, 15) is 4.79 Å². The van der Waals surface area contributed by atoms with E-state index in [1.54, 1.807) is 19.5 Å². The Balaban J connectivity index is 1.83. The van der Waals surface area contributed by atoms with Gasteiger partial charge in [-0.15, -0.1) is 0 Å². The number of aromatic amines is 1. The molecule has 0 bridgehead atoms. The SMILES string of the molecule is COc1cccc(CCC(=O)NC(C)c2cn[nH]c2)c1. The van der Waals surface area contributed by atoms with E-state index in [2.05, 4.69) is 15.5 Å². The maximum atomic E-state index is 11.9. The van der Waals surface area contributed by atoms with Crippen LogP contribution in [-0.2, 0) is 11.2 Å². The lowest BCUT2D eigenvalue weighted by molar-refractivity contribution is -0.121. The fourth-order valence-corrected chi connectivity index (χ4v) is 1.98. The molecule has 0 fully saturated rings. The summed E-state index contributed by atoms with van der Waals surface area (Å²) in [6, 6.07) is 7.74. The molecule has 1 atom stereocenters. The average Bonchev–Trinajstić information content (AvgIpc) is 2.99. The Morgan fingerprint density at radius 2 is 2.35 bits per heavy atom. The van der Waals surface area contributed by atoms with Crippen LogP contribution in [0.2, 0.25) is 0 Å². The number of hydrogen-bond acceptors (Lipinski definition) is 3. The summed E-state index contributed by atoms with van der Waals surface area (Å²) >= 11 is 0. The number of nitrogens with one attached hydrogen (secondary N) is 2. The second-order valence-corrected chi connectivity index (χ2v) is 4.67. The first-order valence-electron chi connectivity index (χ1n) is 6.60. The molecule has 0 radical (unpaired) electrons. The van der Waals surface area contributed by atoms with Gasteiger partial charge < -0.3 is 10.1 Å². The molecular weight excluding hydrogens is 254 g/mol. The third kappa shape index (κ3) is 3.85. The van der Waals surface area contributed by atoms with Crippen molar-refractivity contribution in [1.82, 2.24) is 15.5 Å². The van der Waals surface area contributed by atoms with Gasteiger partial charge in [0.1, 0.15) is 5.75 Å². The van der Waals surface area contributed by atoms with E-state index < -0.39 is 0 Å². The molecule has 2 N–H and O–H groups in total. The number of nitrogens with zero attached hydrogens (tertiary/aromatic N) is 1. The van der Waals surface area contributed by atoms with Crippen molar-refractivity contribution in [3.63, 3.8) is 0 Å². The smallest absolute Gasteiger partial charge is 0.220 e. The number of aryl methyl sites for hydroxylation is 1. The molecule has 106 valence electrons. The van der Waals surface area contributed by atoms with Gasteiger partial charge >= 0.3 is 0 Å². The van der Waals surface area contributed by atoms with Crippen LogP contribution in [0.3, 0.4) is 0 Å². The number of carbonyl (C=O) groups is 1. The molecule has 1 aromatic carbocycles. The largest absolute Gasteiger partial charge is 0.497 e. The number of H-pyrrole nitrogens is 1. The minimum Gasteiger partial charge on any atom is -0.497 e. The molecule has 20 heavy (non-hydrogen) atoms. The summed E-state index contributed by atoms with van der Waals surface area (Å²) in [5.74, 6) is 0.844. The fourth-order valence-electron chi connectivity index (χ4n) is 1.98. The van der Waals surface area contributed by atoms with E-state index in [0.717, 1.165) is 16.9 Å². The highest BCUT2D eigenvalue weighted by Crippen LogP contribution is 2.14. The van der Waals surface area contributed by atoms with Gasteiger partial charge in [-0.1, -0.05) is 12.1 Å². The van der Waals surface area contributed by atoms with Crippen molar-refractivity contribution in [2.75, 3.05) is 7.11 Å². The Bertz CT molecular complexity index is 552. The van der Waals surface area contributed by atoms with Gasteiger partial charge in [-0.25, -0.2) is 0 Å². The number of rotatable bonds is 6. The molecule has 2 aromatic rings. The van der Waals surface area contributed by atoms with Crippen LogP contribution >= 0.6 is 0 Å². The summed E-state index contributed by atoms with van der Waals surface area (Å²) in [5, 5.41) is 9.56. The van der Waals surface area contributed by atoms with Crippen LogP contribution in [0.4, 0.5) is 0 Å². The van der Waals surface area contributed by atoms with Crippen LogP contribution in [0.5, 0.6) is 5.75 Å². The Hall–Kier alpha value is -2.30. The Morgan fingerprint density at radius 3 is 3.05 bits per heavy atom. The van der Waals surface area contributed by atoms with Crippen molar-refractivity contribution in [2.24, 2.45) is 0 Å². The second kappa shape index (κ2) is 6.75. The molecule has 5 heteroatoms. The van der Waals surface area contributed by atoms with Crippen LogP contribution < -0.4 is 10.1 Å². The summed E-state index contributed by atoms with van der Waals surface area (Å²) in [4.78, 5) is 11.9. The lowest BCUT2D eigenvalue weighted by Crippen LogP contribution is -2.26. The molecule has 0 saturated heterocycles. The number of hydrogen-bond donors (Lipinski definition) is 2. The number of methoxy groups -OCH3 is 1. The Labute approximate surface area is 118 Å². The molecule has 0 aliphatic carbocycles. The van der Waals surface area contributed by atoms with Gasteiger partial charge in [-0.2, -0.15) is 5.10 Å². The molecule has 5 nitrogen and oxygen atoms in total. The first-order chi connectivity index (χ1) is 9.69. The molecule has 0 aliphatic heterocycles. The molecule has 0 aliphatic rings. The number of aromatic nitrogens is 2. The van der Waals surface area contributed by atoms with E-state index in [4.69, 9.17) is 4.74 Å².